The fourth-order valence-corrected chi connectivity index (χ4v) is 1.99. The number of para-hydroxylation sites is 1. The van der Waals surface area contributed by atoms with E-state index in [9.17, 15) is 4.79 Å². The number of anilines is 2. The van der Waals surface area contributed by atoms with E-state index in [1.807, 2.05) is 42.5 Å². The number of hydrogen-bond acceptors (Lipinski definition) is 4. The van der Waals surface area contributed by atoms with E-state index in [2.05, 4.69) is 15.6 Å². The zero-order valence-electron chi connectivity index (χ0n) is 12.3. The molecule has 0 bridgehead atoms. The third kappa shape index (κ3) is 4.48. The van der Waals surface area contributed by atoms with Gasteiger partial charge in [-0.1, -0.05) is 18.2 Å². The number of nitrogens with zero attached hydrogens (tertiary/aromatic N) is 1. The molecule has 0 spiro atoms. The van der Waals surface area contributed by atoms with Crippen LogP contribution in [0.4, 0.5) is 11.5 Å². The quantitative estimate of drug-likeness (QED) is 0.824. The number of carbonyl (C=O) groups excluding carboxylic acids is 1. The summed E-state index contributed by atoms with van der Waals surface area (Å²) in [6.45, 7) is 0.352. The number of benzene rings is 1. The van der Waals surface area contributed by atoms with E-state index in [4.69, 9.17) is 4.74 Å². The minimum atomic E-state index is -0.0827. The van der Waals surface area contributed by atoms with Gasteiger partial charge in [0.15, 0.2) is 0 Å². The van der Waals surface area contributed by atoms with E-state index < -0.39 is 0 Å². The van der Waals surface area contributed by atoms with E-state index >= 15 is 0 Å². The summed E-state index contributed by atoms with van der Waals surface area (Å²) in [6.07, 6.45) is 4.39. The highest BCUT2D eigenvalue weighted by Gasteiger charge is 2.20. The van der Waals surface area contributed by atoms with Crippen molar-refractivity contribution >= 4 is 17.4 Å². The molecule has 22 heavy (non-hydrogen) atoms. The highest BCUT2D eigenvalue weighted by Crippen LogP contribution is 2.23. The molecule has 1 aromatic carbocycles. The van der Waals surface area contributed by atoms with Crippen LogP contribution in [-0.2, 0) is 4.79 Å². The smallest absolute Gasteiger partial charge is 0.227 e. The predicted molar refractivity (Wildman–Crippen MR) is 86.1 cm³/mol. The van der Waals surface area contributed by atoms with Crippen LogP contribution in [0.1, 0.15) is 19.3 Å². The first-order chi connectivity index (χ1) is 10.8. The van der Waals surface area contributed by atoms with E-state index in [1.54, 1.807) is 6.20 Å². The highest BCUT2D eigenvalue weighted by atomic mass is 16.5. The lowest BCUT2D eigenvalue weighted by atomic mass is 10.3. The molecule has 0 atom stereocenters. The van der Waals surface area contributed by atoms with Crippen LogP contribution in [0.25, 0.3) is 0 Å². The Morgan fingerprint density at radius 1 is 1.18 bits per heavy atom. The van der Waals surface area contributed by atoms with Gasteiger partial charge in [-0.25, -0.2) is 4.98 Å². The van der Waals surface area contributed by atoms with Crippen LogP contribution < -0.4 is 15.4 Å². The van der Waals surface area contributed by atoms with Gasteiger partial charge in [0.25, 0.3) is 0 Å². The van der Waals surface area contributed by atoms with Gasteiger partial charge < -0.3 is 15.4 Å². The summed E-state index contributed by atoms with van der Waals surface area (Å²) in [6, 6.07) is 13.8. The molecular formula is C17H19N3O2. The standard InChI is InChI=1S/C17H19N3O2/c21-17(10-11-22-15-4-2-1-3-5-15)20-14-8-9-16(18-12-14)19-13-6-7-13/h1-5,8-9,12-13H,6-7,10-11H2,(H,18,19)(H,20,21). The van der Waals surface area contributed by atoms with Crippen LogP contribution in [0.3, 0.4) is 0 Å². The molecule has 2 aromatic rings. The van der Waals surface area contributed by atoms with Gasteiger partial charge in [-0.05, 0) is 37.1 Å². The van der Waals surface area contributed by atoms with Crippen LogP contribution in [0.15, 0.2) is 48.7 Å². The summed E-state index contributed by atoms with van der Waals surface area (Å²) < 4.78 is 5.50. The largest absolute Gasteiger partial charge is 0.493 e. The Labute approximate surface area is 129 Å². The van der Waals surface area contributed by atoms with Gasteiger partial charge in [0.05, 0.1) is 24.9 Å². The molecule has 1 saturated carbocycles. The fourth-order valence-electron chi connectivity index (χ4n) is 1.99. The van der Waals surface area contributed by atoms with Crippen molar-refractivity contribution in [3.8, 4) is 5.75 Å². The number of hydrogen-bond donors (Lipinski definition) is 2. The van der Waals surface area contributed by atoms with Gasteiger partial charge in [-0.15, -0.1) is 0 Å². The van der Waals surface area contributed by atoms with Crippen molar-refractivity contribution in [2.75, 3.05) is 17.2 Å². The number of amides is 1. The molecule has 3 rings (SSSR count). The molecule has 5 heteroatoms. The van der Waals surface area contributed by atoms with Gasteiger partial charge >= 0.3 is 0 Å². The summed E-state index contributed by atoms with van der Waals surface area (Å²) in [5.74, 6) is 1.54. The van der Waals surface area contributed by atoms with Crippen LogP contribution in [-0.4, -0.2) is 23.5 Å². The molecule has 0 unspecified atom stereocenters. The Hall–Kier alpha value is -2.56. The summed E-state index contributed by atoms with van der Waals surface area (Å²) in [4.78, 5) is 16.1. The van der Waals surface area contributed by atoms with E-state index in [0.29, 0.717) is 24.8 Å². The summed E-state index contributed by atoms with van der Waals surface area (Å²) in [5.41, 5.74) is 0.700. The zero-order valence-corrected chi connectivity index (χ0v) is 12.3. The first-order valence-corrected chi connectivity index (χ1v) is 7.50. The molecule has 2 N–H and O–H groups in total. The van der Waals surface area contributed by atoms with E-state index in [0.717, 1.165) is 11.6 Å². The second-order valence-electron chi connectivity index (χ2n) is 5.31. The van der Waals surface area contributed by atoms with Crippen LogP contribution in [0, 0.1) is 0 Å². The molecule has 1 amide bonds. The van der Waals surface area contributed by atoms with Crippen molar-refractivity contribution in [3.05, 3.63) is 48.7 Å². The maximum Gasteiger partial charge on any atom is 0.227 e. The molecule has 1 heterocycles. The maximum atomic E-state index is 11.8. The molecule has 5 nitrogen and oxygen atoms in total. The normalized spacial score (nSPS) is 13.5. The summed E-state index contributed by atoms with van der Waals surface area (Å²) in [7, 11) is 0. The summed E-state index contributed by atoms with van der Waals surface area (Å²) >= 11 is 0. The average molecular weight is 297 g/mol. The first-order valence-electron chi connectivity index (χ1n) is 7.50. The Balaban J connectivity index is 1.41. The third-order valence-electron chi connectivity index (χ3n) is 3.32. The number of rotatable bonds is 7. The highest BCUT2D eigenvalue weighted by molar-refractivity contribution is 5.90. The molecule has 114 valence electrons. The Morgan fingerprint density at radius 2 is 2.00 bits per heavy atom. The van der Waals surface area contributed by atoms with Gasteiger partial charge in [-0.3, -0.25) is 4.79 Å². The molecule has 1 aliphatic carbocycles. The van der Waals surface area contributed by atoms with Crippen LogP contribution >= 0.6 is 0 Å². The lowest BCUT2D eigenvalue weighted by Crippen LogP contribution is -2.15. The summed E-state index contributed by atoms with van der Waals surface area (Å²) in [5, 5.41) is 6.12. The Bertz CT molecular complexity index is 610. The molecule has 0 saturated heterocycles. The molecule has 1 aromatic heterocycles. The lowest BCUT2D eigenvalue weighted by Gasteiger charge is -2.08. The molecule has 0 aliphatic heterocycles. The zero-order chi connectivity index (χ0) is 15.2. The number of pyridine rings is 1. The van der Waals surface area contributed by atoms with Gasteiger partial charge in [0.1, 0.15) is 11.6 Å². The van der Waals surface area contributed by atoms with Crippen molar-refractivity contribution in [2.45, 2.75) is 25.3 Å². The molecule has 0 radical (unpaired) electrons. The Morgan fingerprint density at radius 3 is 2.68 bits per heavy atom. The molecular weight excluding hydrogens is 278 g/mol. The number of ether oxygens (including phenoxy) is 1. The van der Waals surface area contributed by atoms with Gasteiger partial charge in [0, 0.05) is 6.04 Å². The van der Waals surface area contributed by atoms with Gasteiger partial charge in [0.2, 0.25) is 5.91 Å². The molecule has 1 fully saturated rings. The van der Waals surface area contributed by atoms with Gasteiger partial charge in [-0.2, -0.15) is 0 Å². The van der Waals surface area contributed by atoms with Crippen molar-refractivity contribution < 1.29 is 9.53 Å². The minimum Gasteiger partial charge on any atom is -0.493 e. The number of carbonyl (C=O) groups is 1. The maximum absolute atomic E-state index is 11.8. The number of aromatic nitrogens is 1. The van der Waals surface area contributed by atoms with E-state index in [-0.39, 0.29) is 5.91 Å². The average Bonchev–Trinajstić information content (AvgIpc) is 3.34. The van der Waals surface area contributed by atoms with E-state index in [1.165, 1.54) is 12.8 Å². The SMILES string of the molecule is O=C(CCOc1ccccc1)Nc1ccc(NC2CC2)nc1. The van der Waals surface area contributed by atoms with Crippen molar-refractivity contribution in [3.63, 3.8) is 0 Å². The monoisotopic (exact) mass is 297 g/mol. The first kappa shape index (κ1) is 14.4. The third-order valence-corrected chi connectivity index (χ3v) is 3.32. The van der Waals surface area contributed by atoms with Crippen LogP contribution in [0.5, 0.6) is 5.75 Å². The second-order valence-corrected chi connectivity index (χ2v) is 5.31. The van der Waals surface area contributed by atoms with Crippen molar-refractivity contribution in [1.29, 1.82) is 0 Å². The number of nitrogens with one attached hydrogen (secondary N) is 2. The second kappa shape index (κ2) is 6.93. The van der Waals surface area contributed by atoms with Crippen molar-refractivity contribution in [2.24, 2.45) is 0 Å². The van der Waals surface area contributed by atoms with Crippen LogP contribution in [0.2, 0.25) is 0 Å². The van der Waals surface area contributed by atoms with Crippen molar-refractivity contribution in [1.82, 2.24) is 4.98 Å². The predicted octanol–water partition coefficient (Wildman–Crippen LogP) is 3.06. The molecule has 1 aliphatic rings. The fraction of sp³-hybridized carbons (Fsp3) is 0.294. The Kier molecular flexibility index (Phi) is 4.53. The topological polar surface area (TPSA) is 63.2 Å². The minimum absolute atomic E-state index is 0.0827. The lowest BCUT2D eigenvalue weighted by molar-refractivity contribution is -0.116.